The molecule has 0 spiro atoms. The van der Waals surface area contributed by atoms with E-state index in [4.69, 9.17) is 0 Å². The first-order valence-corrected chi connectivity index (χ1v) is 6.76. The minimum Gasteiger partial charge on any atom is -0.290 e. The van der Waals surface area contributed by atoms with Crippen LogP contribution in [0.25, 0.3) is 0 Å². The highest BCUT2D eigenvalue weighted by molar-refractivity contribution is 5.05. The Morgan fingerprint density at radius 2 is 2.19 bits per heavy atom. The molecule has 3 N–H and O–H groups in total. The van der Waals surface area contributed by atoms with Gasteiger partial charge in [0.15, 0.2) is 0 Å². The maximum absolute atomic E-state index is 3.57. The molecule has 16 heavy (non-hydrogen) atoms. The molecule has 0 aromatic carbocycles. The van der Waals surface area contributed by atoms with E-state index in [1.807, 2.05) is 0 Å². The van der Waals surface area contributed by atoms with Gasteiger partial charge in [0, 0.05) is 6.54 Å². The summed E-state index contributed by atoms with van der Waals surface area (Å²) in [7, 11) is 0. The van der Waals surface area contributed by atoms with Gasteiger partial charge in [-0.3, -0.25) is 16.0 Å². The highest BCUT2D eigenvalue weighted by Gasteiger charge is 2.16. The highest BCUT2D eigenvalue weighted by atomic mass is 15.3. The monoisotopic (exact) mass is 223 g/mol. The molecule has 0 radical (unpaired) electrons. The van der Waals surface area contributed by atoms with Crippen LogP contribution in [-0.4, -0.2) is 25.9 Å². The molecule has 92 valence electrons. The minimum atomic E-state index is 0.338. The van der Waals surface area contributed by atoms with Crippen molar-refractivity contribution in [3.63, 3.8) is 0 Å². The van der Waals surface area contributed by atoms with Crippen LogP contribution < -0.4 is 16.0 Å². The lowest BCUT2D eigenvalue weighted by Crippen LogP contribution is -2.57. The molecule has 1 fully saturated rings. The van der Waals surface area contributed by atoms with Crippen LogP contribution in [0.3, 0.4) is 0 Å². The van der Waals surface area contributed by atoms with Gasteiger partial charge in [0.2, 0.25) is 0 Å². The van der Waals surface area contributed by atoms with E-state index in [0.717, 1.165) is 25.6 Å². The maximum Gasteiger partial charge on any atom is 0.111 e. The Morgan fingerprint density at radius 1 is 1.38 bits per heavy atom. The van der Waals surface area contributed by atoms with E-state index in [2.05, 4.69) is 29.0 Å². The SMILES string of the molecule is CCC1=CCC(CNC2NCCCN2)CC1. The fourth-order valence-electron chi connectivity index (χ4n) is 2.53. The third-order valence-corrected chi connectivity index (χ3v) is 3.73. The molecule has 0 aromatic rings. The third-order valence-electron chi connectivity index (χ3n) is 3.73. The summed E-state index contributed by atoms with van der Waals surface area (Å²) in [5.74, 6) is 0.834. The average molecular weight is 223 g/mol. The van der Waals surface area contributed by atoms with Crippen molar-refractivity contribution in [1.29, 1.82) is 0 Å². The number of allylic oxidation sites excluding steroid dienone is 2. The minimum absolute atomic E-state index is 0.338. The van der Waals surface area contributed by atoms with Gasteiger partial charge in [0.1, 0.15) is 6.29 Å². The highest BCUT2D eigenvalue weighted by Crippen LogP contribution is 2.24. The Bertz CT molecular complexity index is 231. The molecule has 0 saturated carbocycles. The molecule has 3 nitrogen and oxygen atoms in total. The largest absolute Gasteiger partial charge is 0.290 e. The number of rotatable bonds is 4. The normalized spacial score (nSPS) is 27.8. The summed E-state index contributed by atoms with van der Waals surface area (Å²) in [5.41, 5.74) is 1.66. The summed E-state index contributed by atoms with van der Waals surface area (Å²) in [4.78, 5) is 0. The summed E-state index contributed by atoms with van der Waals surface area (Å²) in [6, 6.07) is 0. The Balaban J connectivity index is 1.65. The zero-order valence-electron chi connectivity index (χ0n) is 10.4. The summed E-state index contributed by atoms with van der Waals surface area (Å²) < 4.78 is 0. The second kappa shape index (κ2) is 6.38. The number of nitrogens with one attached hydrogen (secondary N) is 3. The van der Waals surface area contributed by atoms with Gasteiger partial charge in [-0.1, -0.05) is 18.6 Å². The summed E-state index contributed by atoms with van der Waals surface area (Å²) in [6.07, 6.45) is 9.22. The Morgan fingerprint density at radius 3 is 2.81 bits per heavy atom. The molecule has 0 aromatic heterocycles. The lowest BCUT2D eigenvalue weighted by Gasteiger charge is -2.29. The van der Waals surface area contributed by atoms with Crippen LogP contribution in [0, 0.1) is 5.92 Å². The molecule has 3 heteroatoms. The first-order valence-electron chi connectivity index (χ1n) is 6.76. The third kappa shape index (κ3) is 3.58. The van der Waals surface area contributed by atoms with Crippen molar-refractivity contribution in [2.24, 2.45) is 5.92 Å². The molecule has 1 heterocycles. The van der Waals surface area contributed by atoms with Gasteiger partial charge < -0.3 is 0 Å². The molecule has 1 saturated heterocycles. The van der Waals surface area contributed by atoms with Gasteiger partial charge in [-0.15, -0.1) is 0 Å². The summed E-state index contributed by atoms with van der Waals surface area (Å²) >= 11 is 0. The Kier molecular flexibility index (Phi) is 4.82. The fourth-order valence-corrected chi connectivity index (χ4v) is 2.53. The second-order valence-electron chi connectivity index (χ2n) is 4.96. The number of hydrogen-bond acceptors (Lipinski definition) is 3. The second-order valence-corrected chi connectivity index (χ2v) is 4.96. The van der Waals surface area contributed by atoms with Gasteiger partial charge in [-0.2, -0.15) is 0 Å². The van der Waals surface area contributed by atoms with Crippen LogP contribution in [0.5, 0.6) is 0 Å². The average Bonchev–Trinajstić information content (AvgIpc) is 2.38. The predicted octanol–water partition coefficient (Wildman–Crippen LogP) is 1.58. The van der Waals surface area contributed by atoms with Crippen LogP contribution in [0.2, 0.25) is 0 Å². The van der Waals surface area contributed by atoms with Crippen molar-refractivity contribution in [3.05, 3.63) is 11.6 Å². The van der Waals surface area contributed by atoms with Gasteiger partial charge >= 0.3 is 0 Å². The standard InChI is InChI=1S/C13H25N3/c1-2-11-4-6-12(7-5-11)10-16-13-14-8-3-9-15-13/h4,12-16H,2-3,5-10H2,1H3. The zero-order chi connectivity index (χ0) is 11.2. The molecule has 1 aliphatic heterocycles. The Labute approximate surface area is 99.1 Å². The van der Waals surface area contributed by atoms with E-state index in [1.165, 1.54) is 32.1 Å². The first kappa shape index (κ1) is 12.1. The molecule has 0 bridgehead atoms. The van der Waals surface area contributed by atoms with Gasteiger partial charge in [0.05, 0.1) is 0 Å². The van der Waals surface area contributed by atoms with E-state index in [-0.39, 0.29) is 0 Å². The van der Waals surface area contributed by atoms with Crippen LogP contribution in [0.1, 0.15) is 39.0 Å². The van der Waals surface area contributed by atoms with Gasteiger partial charge in [0.25, 0.3) is 0 Å². The summed E-state index contributed by atoms with van der Waals surface area (Å²) in [5, 5.41) is 10.5. The van der Waals surface area contributed by atoms with Crippen LogP contribution >= 0.6 is 0 Å². The topological polar surface area (TPSA) is 36.1 Å². The molecular formula is C13H25N3. The van der Waals surface area contributed by atoms with Crippen LogP contribution in [0.4, 0.5) is 0 Å². The van der Waals surface area contributed by atoms with Crippen molar-refractivity contribution >= 4 is 0 Å². The Hall–Kier alpha value is -0.380. The van der Waals surface area contributed by atoms with E-state index in [0.29, 0.717) is 6.29 Å². The van der Waals surface area contributed by atoms with Crippen molar-refractivity contribution in [2.75, 3.05) is 19.6 Å². The fraction of sp³-hybridized carbons (Fsp3) is 0.846. The lowest BCUT2D eigenvalue weighted by molar-refractivity contribution is 0.289. The van der Waals surface area contributed by atoms with E-state index >= 15 is 0 Å². The smallest absolute Gasteiger partial charge is 0.111 e. The van der Waals surface area contributed by atoms with Gasteiger partial charge in [-0.05, 0) is 51.1 Å². The predicted molar refractivity (Wildman–Crippen MR) is 68.1 cm³/mol. The maximum atomic E-state index is 3.57. The molecule has 1 aliphatic carbocycles. The van der Waals surface area contributed by atoms with Crippen LogP contribution in [0.15, 0.2) is 11.6 Å². The van der Waals surface area contributed by atoms with E-state index in [9.17, 15) is 0 Å². The van der Waals surface area contributed by atoms with Crippen molar-refractivity contribution in [1.82, 2.24) is 16.0 Å². The van der Waals surface area contributed by atoms with Crippen molar-refractivity contribution in [3.8, 4) is 0 Å². The van der Waals surface area contributed by atoms with Gasteiger partial charge in [-0.25, -0.2) is 0 Å². The first-order chi connectivity index (χ1) is 7.88. The summed E-state index contributed by atoms with van der Waals surface area (Å²) in [6.45, 7) is 5.67. The van der Waals surface area contributed by atoms with E-state index < -0.39 is 0 Å². The molecular weight excluding hydrogens is 198 g/mol. The molecule has 1 atom stereocenters. The molecule has 2 rings (SSSR count). The van der Waals surface area contributed by atoms with E-state index in [1.54, 1.807) is 5.57 Å². The van der Waals surface area contributed by atoms with Crippen molar-refractivity contribution in [2.45, 2.75) is 45.3 Å². The molecule has 0 amide bonds. The zero-order valence-corrected chi connectivity index (χ0v) is 10.4. The van der Waals surface area contributed by atoms with Crippen molar-refractivity contribution < 1.29 is 0 Å². The molecule has 2 aliphatic rings. The quantitative estimate of drug-likeness (QED) is 0.633. The lowest BCUT2D eigenvalue weighted by atomic mass is 9.88. The molecule has 1 unspecified atom stereocenters. The van der Waals surface area contributed by atoms with Crippen LogP contribution in [-0.2, 0) is 0 Å². The number of hydrogen-bond donors (Lipinski definition) is 3.